The Hall–Kier alpha value is -2.24. The molecule has 134 valence electrons. The molecule has 1 aromatic carbocycles. The maximum atomic E-state index is 11.4. The van der Waals surface area contributed by atoms with Gasteiger partial charge in [0.15, 0.2) is 5.96 Å². The van der Waals surface area contributed by atoms with E-state index in [9.17, 15) is 4.79 Å². The molecule has 0 fully saturated rings. The van der Waals surface area contributed by atoms with Gasteiger partial charge < -0.3 is 20.1 Å². The molecular formula is C18H29N3O3. The molecule has 0 aliphatic rings. The van der Waals surface area contributed by atoms with E-state index in [0.717, 1.165) is 17.7 Å². The summed E-state index contributed by atoms with van der Waals surface area (Å²) in [6, 6.07) is 6.16. The average molecular weight is 335 g/mol. The lowest BCUT2D eigenvalue weighted by Gasteiger charge is -2.16. The minimum atomic E-state index is -0.244. The fraction of sp³-hybridized carbons (Fsp3) is 0.556. The summed E-state index contributed by atoms with van der Waals surface area (Å²) in [6.07, 6.45) is 0.968. The molecule has 1 unspecified atom stereocenters. The first-order valence-electron chi connectivity index (χ1n) is 8.26. The van der Waals surface area contributed by atoms with Crippen LogP contribution in [0.2, 0.25) is 0 Å². The van der Waals surface area contributed by atoms with E-state index in [4.69, 9.17) is 9.47 Å². The first kappa shape index (κ1) is 19.8. The maximum absolute atomic E-state index is 11.4. The molecule has 1 aromatic rings. The molecule has 6 heteroatoms. The zero-order valence-corrected chi connectivity index (χ0v) is 15.3. The topological polar surface area (TPSA) is 72.0 Å². The van der Waals surface area contributed by atoms with Crippen molar-refractivity contribution in [3.63, 3.8) is 0 Å². The fourth-order valence-electron chi connectivity index (χ4n) is 2.09. The summed E-state index contributed by atoms with van der Waals surface area (Å²) in [5, 5.41) is 6.37. The van der Waals surface area contributed by atoms with Crippen LogP contribution in [-0.2, 0) is 16.1 Å². The van der Waals surface area contributed by atoms with Gasteiger partial charge in [0.2, 0.25) is 0 Å². The number of guanidine groups is 1. The number of esters is 1. The first-order chi connectivity index (χ1) is 11.5. The fourth-order valence-corrected chi connectivity index (χ4v) is 2.09. The minimum absolute atomic E-state index is 0.239. The molecule has 0 aliphatic carbocycles. The highest BCUT2D eigenvalue weighted by molar-refractivity contribution is 5.80. The Bertz CT molecular complexity index is 558. The van der Waals surface area contributed by atoms with Gasteiger partial charge in [-0.1, -0.05) is 26.0 Å². The molecule has 6 nitrogen and oxygen atoms in total. The van der Waals surface area contributed by atoms with Crippen molar-refractivity contribution in [1.82, 2.24) is 10.6 Å². The molecule has 0 amide bonds. The van der Waals surface area contributed by atoms with Gasteiger partial charge in [0.05, 0.1) is 19.6 Å². The van der Waals surface area contributed by atoms with Crippen LogP contribution < -0.4 is 15.4 Å². The molecule has 0 saturated heterocycles. The zero-order chi connectivity index (χ0) is 17.9. The third kappa shape index (κ3) is 6.48. The number of carbonyl (C=O) groups excluding carboxylic acids is 1. The van der Waals surface area contributed by atoms with Crippen molar-refractivity contribution in [3.05, 3.63) is 29.3 Å². The summed E-state index contributed by atoms with van der Waals surface area (Å²) in [4.78, 5) is 15.6. The molecule has 1 rings (SSSR count). The molecule has 0 aliphatic heterocycles. The molecule has 24 heavy (non-hydrogen) atoms. The summed E-state index contributed by atoms with van der Waals surface area (Å²) in [5.74, 6) is 1.04. The third-order valence-corrected chi connectivity index (χ3v) is 3.53. The second kappa shape index (κ2) is 10.5. The molecule has 0 spiro atoms. The average Bonchev–Trinajstić information content (AvgIpc) is 2.60. The van der Waals surface area contributed by atoms with Crippen LogP contribution in [0.3, 0.4) is 0 Å². The highest BCUT2D eigenvalue weighted by Crippen LogP contribution is 2.20. The molecule has 0 heterocycles. The normalized spacial score (nSPS) is 12.5. The van der Waals surface area contributed by atoms with Crippen LogP contribution in [0.15, 0.2) is 23.2 Å². The standard InChI is InChI=1S/C18H29N3O3/c1-6-9-24-16-10-13(2)7-8-15(16)12-21-18(19-4)20-11-14(3)17(22)23-5/h7-8,10,14H,6,9,11-12H2,1-5H3,(H2,19,20,21). The van der Waals surface area contributed by atoms with E-state index < -0.39 is 0 Å². The van der Waals surface area contributed by atoms with Crippen LogP contribution in [-0.4, -0.2) is 39.2 Å². The SMILES string of the molecule is CCCOc1cc(C)ccc1CNC(=NC)NCC(C)C(=O)OC. The molecule has 0 aromatic heterocycles. The van der Waals surface area contributed by atoms with Crippen LogP contribution >= 0.6 is 0 Å². The number of methoxy groups -OCH3 is 1. The number of nitrogens with one attached hydrogen (secondary N) is 2. The summed E-state index contributed by atoms with van der Waals surface area (Å²) in [7, 11) is 3.09. The van der Waals surface area contributed by atoms with E-state index in [-0.39, 0.29) is 11.9 Å². The van der Waals surface area contributed by atoms with Gasteiger partial charge in [-0.2, -0.15) is 0 Å². The van der Waals surface area contributed by atoms with E-state index in [1.807, 2.05) is 19.9 Å². The smallest absolute Gasteiger partial charge is 0.310 e. The number of aryl methyl sites for hydroxylation is 1. The van der Waals surface area contributed by atoms with Crippen molar-refractivity contribution < 1.29 is 14.3 Å². The van der Waals surface area contributed by atoms with Gasteiger partial charge >= 0.3 is 5.97 Å². The lowest BCUT2D eigenvalue weighted by molar-refractivity contribution is -0.144. The zero-order valence-electron chi connectivity index (χ0n) is 15.3. The molecule has 0 bridgehead atoms. The number of rotatable bonds is 8. The summed E-state index contributed by atoms with van der Waals surface area (Å²) < 4.78 is 10.5. The van der Waals surface area contributed by atoms with E-state index in [0.29, 0.717) is 25.7 Å². The van der Waals surface area contributed by atoms with Crippen LogP contribution in [0.1, 0.15) is 31.4 Å². The van der Waals surface area contributed by atoms with Gasteiger partial charge in [-0.25, -0.2) is 0 Å². The number of aliphatic imine (C=N–C) groups is 1. The van der Waals surface area contributed by atoms with E-state index in [1.54, 1.807) is 7.05 Å². The Labute approximate surface area is 144 Å². The van der Waals surface area contributed by atoms with Gasteiger partial charge in [0.25, 0.3) is 0 Å². The Morgan fingerprint density at radius 2 is 2.08 bits per heavy atom. The van der Waals surface area contributed by atoms with Gasteiger partial charge in [-0.05, 0) is 25.0 Å². The highest BCUT2D eigenvalue weighted by Gasteiger charge is 2.13. The quantitative estimate of drug-likeness (QED) is 0.433. The van der Waals surface area contributed by atoms with Gasteiger partial charge in [0.1, 0.15) is 5.75 Å². The predicted octanol–water partition coefficient (Wildman–Crippen LogP) is 2.26. The van der Waals surface area contributed by atoms with Crippen LogP contribution in [0.4, 0.5) is 0 Å². The summed E-state index contributed by atoms with van der Waals surface area (Å²) >= 11 is 0. The van der Waals surface area contributed by atoms with Crippen molar-refractivity contribution in [1.29, 1.82) is 0 Å². The van der Waals surface area contributed by atoms with Gasteiger partial charge in [-0.15, -0.1) is 0 Å². The molecular weight excluding hydrogens is 306 g/mol. The van der Waals surface area contributed by atoms with E-state index in [1.165, 1.54) is 12.7 Å². The van der Waals surface area contributed by atoms with E-state index in [2.05, 4.69) is 34.7 Å². The number of carbonyl (C=O) groups is 1. The summed E-state index contributed by atoms with van der Waals surface area (Å²) in [6.45, 7) is 7.68. The number of hydrogen-bond donors (Lipinski definition) is 2. The number of nitrogens with zero attached hydrogens (tertiary/aromatic N) is 1. The Morgan fingerprint density at radius 3 is 2.71 bits per heavy atom. The number of benzene rings is 1. The van der Waals surface area contributed by atoms with Crippen LogP contribution in [0.5, 0.6) is 5.75 Å². The summed E-state index contributed by atoms with van der Waals surface area (Å²) in [5.41, 5.74) is 2.23. The highest BCUT2D eigenvalue weighted by atomic mass is 16.5. The van der Waals surface area contributed by atoms with Crippen molar-refractivity contribution in [2.75, 3.05) is 27.3 Å². The van der Waals surface area contributed by atoms with Crippen molar-refractivity contribution >= 4 is 11.9 Å². The van der Waals surface area contributed by atoms with Gasteiger partial charge in [-0.3, -0.25) is 9.79 Å². The lowest BCUT2D eigenvalue weighted by Crippen LogP contribution is -2.40. The number of ether oxygens (including phenoxy) is 2. The monoisotopic (exact) mass is 335 g/mol. The molecule has 2 N–H and O–H groups in total. The van der Waals surface area contributed by atoms with Crippen LogP contribution in [0, 0.1) is 12.8 Å². The first-order valence-corrected chi connectivity index (χ1v) is 8.26. The Kier molecular flexibility index (Phi) is 8.68. The molecule has 0 saturated carbocycles. The number of hydrogen-bond acceptors (Lipinski definition) is 4. The second-order valence-electron chi connectivity index (χ2n) is 5.69. The second-order valence-corrected chi connectivity index (χ2v) is 5.69. The van der Waals surface area contributed by atoms with Crippen molar-refractivity contribution in [2.45, 2.75) is 33.7 Å². The van der Waals surface area contributed by atoms with Crippen LogP contribution in [0.25, 0.3) is 0 Å². The predicted molar refractivity (Wildman–Crippen MR) is 96.3 cm³/mol. The minimum Gasteiger partial charge on any atom is -0.493 e. The van der Waals surface area contributed by atoms with Gasteiger partial charge in [0, 0.05) is 25.7 Å². The Morgan fingerprint density at radius 1 is 1.33 bits per heavy atom. The van der Waals surface area contributed by atoms with Crippen molar-refractivity contribution in [2.24, 2.45) is 10.9 Å². The largest absolute Gasteiger partial charge is 0.493 e. The molecule has 1 atom stereocenters. The van der Waals surface area contributed by atoms with E-state index >= 15 is 0 Å². The Balaban J connectivity index is 2.61. The lowest BCUT2D eigenvalue weighted by atomic mass is 10.1. The maximum Gasteiger partial charge on any atom is 0.310 e. The third-order valence-electron chi connectivity index (χ3n) is 3.53. The molecule has 0 radical (unpaired) electrons. The van der Waals surface area contributed by atoms with Crippen molar-refractivity contribution in [3.8, 4) is 5.75 Å².